The van der Waals surface area contributed by atoms with Crippen molar-refractivity contribution >= 4 is 15.9 Å². The summed E-state index contributed by atoms with van der Waals surface area (Å²) in [5.74, 6) is 0. The summed E-state index contributed by atoms with van der Waals surface area (Å²) in [5, 5.41) is 2.75. The molecule has 0 spiro atoms. The average Bonchev–Trinajstić information content (AvgIpc) is 2.78. The first-order valence-corrected chi connectivity index (χ1v) is 15.9. The third-order valence-corrected chi connectivity index (χ3v) is 7.41. The fourth-order valence-corrected chi connectivity index (χ4v) is 5.03. The van der Waals surface area contributed by atoms with Crippen LogP contribution in [0, 0.1) is 0 Å². The summed E-state index contributed by atoms with van der Waals surface area (Å²) < 4.78 is 0. The van der Waals surface area contributed by atoms with E-state index in [-0.39, 0.29) is 0 Å². The maximum absolute atomic E-state index is 3.93. The summed E-state index contributed by atoms with van der Waals surface area (Å²) in [6.07, 6.45) is 36.3. The number of hydrogen-bond acceptors (Lipinski definition) is 1. The van der Waals surface area contributed by atoms with Gasteiger partial charge in [0.1, 0.15) is 0 Å². The molecule has 0 aliphatic heterocycles. The van der Waals surface area contributed by atoms with Gasteiger partial charge in [-0.3, -0.25) is 0 Å². The van der Waals surface area contributed by atoms with Gasteiger partial charge in [0.25, 0.3) is 0 Å². The fourth-order valence-electron chi connectivity index (χ4n) is 4.38. The zero-order valence-corrected chi connectivity index (χ0v) is 24.7. The molecule has 0 aliphatic rings. The lowest BCUT2D eigenvalue weighted by Crippen LogP contribution is -1.97. The van der Waals surface area contributed by atoms with E-state index in [0.29, 0.717) is 0 Å². The molecule has 0 aromatic rings. The summed E-state index contributed by atoms with van der Waals surface area (Å²) in [6.45, 7) is 4.60. The largest absolute Gasteiger partial charge is 0.323 e. The lowest BCUT2D eigenvalue weighted by molar-refractivity contribution is 0.521. The van der Waals surface area contributed by atoms with Crippen LogP contribution in [0.1, 0.15) is 174 Å². The zero-order chi connectivity index (χ0) is 24.0. The predicted molar refractivity (Wildman–Crippen MR) is 154 cm³/mol. The SMILES string of the molecule is CCCCCCCCCCCCCCCCC(Br)CCCCCCCCCCC.CNC. The van der Waals surface area contributed by atoms with E-state index in [1.54, 1.807) is 0 Å². The maximum Gasteiger partial charge on any atom is 0.0145 e. The molecule has 0 saturated carbocycles. The Morgan fingerprint density at radius 3 is 0.812 bits per heavy atom. The zero-order valence-electron chi connectivity index (χ0n) is 23.1. The minimum atomic E-state index is 0.782. The van der Waals surface area contributed by atoms with Crippen LogP contribution in [0.25, 0.3) is 0 Å². The molecule has 0 radical (unpaired) electrons. The summed E-state index contributed by atoms with van der Waals surface area (Å²) in [5.41, 5.74) is 0. The third kappa shape index (κ3) is 35.0. The van der Waals surface area contributed by atoms with E-state index in [2.05, 4.69) is 35.1 Å². The molecule has 0 rings (SSSR count). The Bertz CT molecular complexity index is 295. The van der Waals surface area contributed by atoms with Crippen LogP contribution in [-0.4, -0.2) is 18.9 Å². The van der Waals surface area contributed by atoms with Gasteiger partial charge in [0.2, 0.25) is 0 Å². The van der Waals surface area contributed by atoms with Crippen molar-refractivity contribution in [3.8, 4) is 0 Å². The van der Waals surface area contributed by atoms with E-state index >= 15 is 0 Å². The van der Waals surface area contributed by atoms with Crippen molar-refractivity contribution in [2.75, 3.05) is 14.1 Å². The van der Waals surface area contributed by atoms with Crippen molar-refractivity contribution < 1.29 is 0 Å². The van der Waals surface area contributed by atoms with Crippen molar-refractivity contribution in [3.63, 3.8) is 0 Å². The molecule has 1 nitrogen and oxygen atoms in total. The first-order chi connectivity index (χ1) is 15.7. The molecule has 1 atom stereocenters. The van der Waals surface area contributed by atoms with Gasteiger partial charge in [0, 0.05) is 4.83 Å². The van der Waals surface area contributed by atoms with Gasteiger partial charge in [-0.2, -0.15) is 0 Å². The molecule has 0 fully saturated rings. The lowest BCUT2D eigenvalue weighted by atomic mass is 10.0. The Morgan fingerprint density at radius 2 is 0.594 bits per heavy atom. The summed E-state index contributed by atoms with van der Waals surface area (Å²) in [4.78, 5) is 0.782. The van der Waals surface area contributed by atoms with Gasteiger partial charge < -0.3 is 5.32 Å². The van der Waals surface area contributed by atoms with Crippen molar-refractivity contribution in [1.82, 2.24) is 5.32 Å². The highest BCUT2D eigenvalue weighted by atomic mass is 79.9. The minimum absolute atomic E-state index is 0.782. The van der Waals surface area contributed by atoms with Crippen LogP contribution in [-0.2, 0) is 0 Å². The normalized spacial score (nSPS) is 11.9. The Hall–Kier alpha value is 0.440. The second-order valence-electron chi connectivity index (χ2n) is 10.1. The molecule has 0 aromatic heterocycles. The van der Waals surface area contributed by atoms with Gasteiger partial charge in [0.05, 0.1) is 0 Å². The molecule has 32 heavy (non-hydrogen) atoms. The van der Waals surface area contributed by atoms with Crippen LogP contribution in [0.5, 0.6) is 0 Å². The second kappa shape index (κ2) is 33.6. The molecule has 0 aromatic carbocycles. The third-order valence-electron chi connectivity index (χ3n) is 6.49. The van der Waals surface area contributed by atoms with Crippen LogP contribution in [0.2, 0.25) is 0 Å². The number of hydrogen-bond donors (Lipinski definition) is 1. The van der Waals surface area contributed by atoms with Crippen LogP contribution in [0.3, 0.4) is 0 Å². The van der Waals surface area contributed by atoms with Crippen molar-refractivity contribution in [1.29, 1.82) is 0 Å². The molecule has 0 saturated heterocycles. The van der Waals surface area contributed by atoms with Crippen molar-refractivity contribution in [3.05, 3.63) is 0 Å². The van der Waals surface area contributed by atoms with E-state index in [9.17, 15) is 0 Å². The Balaban J connectivity index is 0. The van der Waals surface area contributed by atoms with E-state index in [1.165, 1.54) is 161 Å². The van der Waals surface area contributed by atoms with Gasteiger partial charge in [-0.15, -0.1) is 0 Å². The summed E-state index contributed by atoms with van der Waals surface area (Å²) in [7, 11) is 3.75. The molecule has 196 valence electrons. The van der Waals surface area contributed by atoms with E-state index in [0.717, 1.165) is 4.83 Å². The lowest BCUT2D eigenvalue weighted by Gasteiger charge is -2.09. The first kappa shape index (κ1) is 34.6. The van der Waals surface area contributed by atoms with E-state index in [4.69, 9.17) is 0 Å². The second-order valence-corrected chi connectivity index (χ2v) is 11.4. The number of unbranched alkanes of at least 4 members (excludes halogenated alkanes) is 21. The molecule has 0 aliphatic carbocycles. The van der Waals surface area contributed by atoms with Gasteiger partial charge in [-0.05, 0) is 26.9 Å². The number of rotatable bonds is 25. The first-order valence-electron chi connectivity index (χ1n) is 14.9. The van der Waals surface area contributed by atoms with Gasteiger partial charge in [-0.25, -0.2) is 0 Å². The molecular weight excluding hydrogens is 454 g/mol. The van der Waals surface area contributed by atoms with Crippen molar-refractivity contribution in [2.45, 2.75) is 179 Å². The molecule has 0 amide bonds. The minimum Gasteiger partial charge on any atom is -0.323 e. The monoisotopic (exact) mass is 517 g/mol. The summed E-state index contributed by atoms with van der Waals surface area (Å²) in [6, 6.07) is 0. The number of alkyl halides is 1. The maximum atomic E-state index is 3.93. The topological polar surface area (TPSA) is 12.0 Å². The Morgan fingerprint density at radius 1 is 0.406 bits per heavy atom. The number of nitrogens with one attached hydrogen (secondary N) is 1. The smallest absolute Gasteiger partial charge is 0.0145 e. The van der Waals surface area contributed by atoms with Crippen molar-refractivity contribution in [2.24, 2.45) is 0 Å². The van der Waals surface area contributed by atoms with Gasteiger partial charge >= 0.3 is 0 Å². The van der Waals surface area contributed by atoms with E-state index in [1.807, 2.05) is 14.1 Å². The van der Waals surface area contributed by atoms with Crippen LogP contribution >= 0.6 is 15.9 Å². The van der Waals surface area contributed by atoms with Gasteiger partial charge in [0.15, 0.2) is 0 Å². The average molecular weight is 519 g/mol. The quantitative estimate of drug-likeness (QED) is 0.0936. The molecule has 0 bridgehead atoms. The molecule has 1 unspecified atom stereocenters. The molecule has 2 heteroatoms. The van der Waals surface area contributed by atoms with Crippen LogP contribution in [0.15, 0.2) is 0 Å². The standard InChI is InChI=1S/C28H57Br.C2H7N/c1-3-5-7-9-11-13-14-15-16-17-19-21-23-25-27-28(29)26-24-22-20-18-12-10-8-6-4-2;1-3-2/h28H,3-27H2,1-2H3;3H,1-2H3. The Kier molecular flexibility index (Phi) is 36.3. The Labute approximate surface area is 214 Å². The number of halogens is 1. The molecular formula is C30H64BrN. The highest BCUT2D eigenvalue weighted by Gasteiger charge is 2.04. The molecule has 0 heterocycles. The predicted octanol–water partition coefficient (Wildman–Crippen LogP) is 11.4. The van der Waals surface area contributed by atoms with Crippen LogP contribution in [0.4, 0.5) is 0 Å². The van der Waals surface area contributed by atoms with Crippen LogP contribution < -0.4 is 5.32 Å². The highest BCUT2D eigenvalue weighted by molar-refractivity contribution is 9.09. The molecule has 1 N–H and O–H groups in total. The highest BCUT2D eigenvalue weighted by Crippen LogP contribution is 2.20. The van der Waals surface area contributed by atoms with Gasteiger partial charge in [-0.1, -0.05) is 177 Å². The van der Waals surface area contributed by atoms with E-state index < -0.39 is 0 Å². The fraction of sp³-hybridized carbons (Fsp3) is 1.00. The summed E-state index contributed by atoms with van der Waals surface area (Å²) >= 11 is 3.93.